The molecule has 100 valence electrons. The van der Waals surface area contributed by atoms with Crippen LogP contribution in [-0.2, 0) is 18.5 Å². The maximum atomic E-state index is 5.88. The molecule has 1 aromatic rings. The van der Waals surface area contributed by atoms with Crippen LogP contribution in [0.25, 0.3) is 0 Å². The van der Waals surface area contributed by atoms with Gasteiger partial charge in [0.15, 0.2) is 4.77 Å². The average molecular weight is 268 g/mol. The summed E-state index contributed by atoms with van der Waals surface area (Å²) in [5.74, 6) is 0. The summed E-state index contributed by atoms with van der Waals surface area (Å²) in [5.41, 5.74) is 0. The van der Waals surface area contributed by atoms with Crippen LogP contribution in [0.15, 0.2) is 6.33 Å². The first-order valence-electron chi connectivity index (χ1n) is 6.70. The highest BCUT2D eigenvalue weighted by molar-refractivity contribution is 7.71. The van der Waals surface area contributed by atoms with Gasteiger partial charge < -0.3 is 9.30 Å². The van der Waals surface area contributed by atoms with Crippen LogP contribution in [0, 0.1) is 4.77 Å². The van der Waals surface area contributed by atoms with Crippen molar-refractivity contribution < 1.29 is 4.74 Å². The fraction of sp³-hybridized carbons (Fsp3) is 0.833. The molecular weight excluding hydrogens is 248 g/mol. The van der Waals surface area contributed by atoms with Crippen LogP contribution in [0.2, 0.25) is 0 Å². The molecule has 0 N–H and O–H groups in total. The van der Waals surface area contributed by atoms with Crippen LogP contribution >= 0.6 is 12.2 Å². The number of aryl methyl sites for hydroxylation is 1. The lowest BCUT2D eigenvalue weighted by atomic mass is 9.90. The highest BCUT2D eigenvalue weighted by atomic mass is 32.1. The molecule has 1 aromatic heterocycles. The van der Waals surface area contributed by atoms with Gasteiger partial charge in [-0.1, -0.05) is 12.8 Å². The summed E-state index contributed by atoms with van der Waals surface area (Å²) in [4.78, 5) is 2.48. The van der Waals surface area contributed by atoms with Gasteiger partial charge in [0.25, 0.3) is 0 Å². The lowest BCUT2D eigenvalue weighted by molar-refractivity contribution is -0.0994. The van der Waals surface area contributed by atoms with Crippen molar-refractivity contribution in [1.82, 2.24) is 19.2 Å². The Morgan fingerprint density at radius 1 is 1.44 bits per heavy atom. The molecule has 1 saturated heterocycles. The van der Waals surface area contributed by atoms with Crippen molar-refractivity contribution in [2.75, 3.05) is 13.2 Å². The zero-order valence-corrected chi connectivity index (χ0v) is 11.6. The molecule has 1 aliphatic heterocycles. The fourth-order valence-electron chi connectivity index (χ4n) is 3.04. The van der Waals surface area contributed by atoms with E-state index in [2.05, 4.69) is 10.00 Å². The van der Waals surface area contributed by atoms with Crippen molar-refractivity contribution in [2.45, 2.75) is 44.5 Å². The number of ether oxygens (including phenoxy) is 1. The van der Waals surface area contributed by atoms with E-state index >= 15 is 0 Å². The van der Waals surface area contributed by atoms with Gasteiger partial charge in [-0.25, -0.2) is 4.68 Å². The SMILES string of the molecule is Cn1cnn(CN2CCO[C@@H]3CCCC[C@H]32)c1=S. The number of nitrogens with zero attached hydrogens (tertiary/aromatic N) is 4. The Balaban J connectivity index is 1.75. The van der Waals surface area contributed by atoms with E-state index in [0.29, 0.717) is 12.1 Å². The molecule has 0 spiro atoms. The zero-order valence-electron chi connectivity index (χ0n) is 10.8. The number of aromatic nitrogens is 3. The average Bonchev–Trinajstić information content (AvgIpc) is 2.71. The normalized spacial score (nSPS) is 29.2. The van der Waals surface area contributed by atoms with Gasteiger partial charge >= 0.3 is 0 Å². The highest BCUT2D eigenvalue weighted by Gasteiger charge is 2.34. The monoisotopic (exact) mass is 268 g/mol. The quantitative estimate of drug-likeness (QED) is 0.762. The van der Waals surface area contributed by atoms with Crippen molar-refractivity contribution in [2.24, 2.45) is 7.05 Å². The first kappa shape index (κ1) is 12.3. The molecule has 2 heterocycles. The summed E-state index contributed by atoms with van der Waals surface area (Å²) in [7, 11) is 1.94. The van der Waals surface area contributed by atoms with Gasteiger partial charge in [-0.3, -0.25) is 4.90 Å². The van der Waals surface area contributed by atoms with E-state index in [9.17, 15) is 0 Å². The topological polar surface area (TPSA) is 35.2 Å². The molecule has 1 saturated carbocycles. The number of hydrogen-bond donors (Lipinski definition) is 0. The Hall–Kier alpha value is -0.720. The molecule has 1 aliphatic carbocycles. The number of hydrogen-bond acceptors (Lipinski definition) is 4. The van der Waals surface area contributed by atoms with Crippen LogP contribution in [-0.4, -0.2) is 44.5 Å². The Bertz CT molecular complexity index is 467. The molecule has 0 bridgehead atoms. The summed E-state index contributed by atoms with van der Waals surface area (Å²) >= 11 is 5.35. The molecule has 0 unspecified atom stereocenters. The second kappa shape index (κ2) is 5.11. The summed E-state index contributed by atoms with van der Waals surface area (Å²) in [6.45, 7) is 2.62. The van der Waals surface area contributed by atoms with Gasteiger partial charge in [-0.2, -0.15) is 5.10 Å². The molecule has 6 heteroatoms. The molecule has 0 aromatic carbocycles. The third-order valence-electron chi connectivity index (χ3n) is 4.05. The van der Waals surface area contributed by atoms with Crippen LogP contribution in [0.5, 0.6) is 0 Å². The van der Waals surface area contributed by atoms with Crippen LogP contribution < -0.4 is 0 Å². The highest BCUT2D eigenvalue weighted by Crippen LogP contribution is 2.28. The van der Waals surface area contributed by atoms with E-state index in [-0.39, 0.29) is 0 Å². The van der Waals surface area contributed by atoms with Crippen LogP contribution in [0.1, 0.15) is 25.7 Å². The maximum absolute atomic E-state index is 5.88. The summed E-state index contributed by atoms with van der Waals surface area (Å²) in [6, 6.07) is 0.552. The van der Waals surface area contributed by atoms with E-state index in [4.69, 9.17) is 17.0 Å². The van der Waals surface area contributed by atoms with E-state index in [0.717, 1.165) is 24.6 Å². The third kappa shape index (κ3) is 2.24. The minimum Gasteiger partial charge on any atom is -0.375 e. The van der Waals surface area contributed by atoms with E-state index in [1.165, 1.54) is 25.7 Å². The van der Waals surface area contributed by atoms with E-state index in [1.54, 1.807) is 6.33 Å². The van der Waals surface area contributed by atoms with Gasteiger partial charge in [-0.05, 0) is 25.1 Å². The second-order valence-electron chi connectivity index (χ2n) is 5.24. The molecule has 0 radical (unpaired) electrons. The van der Waals surface area contributed by atoms with Crippen molar-refractivity contribution >= 4 is 12.2 Å². The van der Waals surface area contributed by atoms with Gasteiger partial charge in [0.2, 0.25) is 0 Å². The molecule has 2 aliphatic rings. The minimum atomic E-state index is 0.422. The van der Waals surface area contributed by atoms with Crippen molar-refractivity contribution in [3.05, 3.63) is 11.1 Å². The molecule has 5 nitrogen and oxygen atoms in total. The first-order chi connectivity index (χ1) is 8.75. The van der Waals surface area contributed by atoms with Gasteiger partial charge in [0.05, 0.1) is 19.4 Å². The lowest BCUT2D eigenvalue weighted by Gasteiger charge is -2.43. The molecule has 0 amide bonds. The maximum Gasteiger partial charge on any atom is 0.198 e. The fourth-order valence-corrected chi connectivity index (χ4v) is 3.19. The van der Waals surface area contributed by atoms with E-state index < -0.39 is 0 Å². The van der Waals surface area contributed by atoms with Crippen LogP contribution in [0.4, 0.5) is 0 Å². The number of fused-ring (bicyclic) bond motifs is 1. The van der Waals surface area contributed by atoms with Gasteiger partial charge in [0.1, 0.15) is 6.33 Å². The summed E-state index contributed by atoms with van der Waals surface area (Å²) in [6.07, 6.45) is 7.26. The van der Waals surface area contributed by atoms with Crippen molar-refractivity contribution in [3.63, 3.8) is 0 Å². The Morgan fingerprint density at radius 2 is 2.28 bits per heavy atom. The van der Waals surface area contributed by atoms with Crippen LogP contribution in [0.3, 0.4) is 0 Å². The largest absolute Gasteiger partial charge is 0.375 e. The Morgan fingerprint density at radius 3 is 3.06 bits per heavy atom. The smallest absolute Gasteiger partial charge is 0.198 e. The predicted octanol–water partition coefficient (Wildman–Crippen LogP) is 1.55. The second-order valence-corrected chi connectivity index (χ2v) is 5.60. The van der Waals surface area contributed by atoms with Gasteiger partial charge in [-0.15, -0.1) is 0 Å². The number of morpholine rings is 1. The van der Waals surface area contributed by atoms with Crippen molar-refractivity contribution in [3.8, 4) is 0 Å². The van der Waals surface area contributed by atoms with Gasteiger partial charge in [0, 0.05) is 19.6 Å². The standard InChI is InChI=1S/C12H20N4OS/c1-14-8-13-16(12(14)18)9-15-6-7-17-11-5-3-2-4-10(11)15/h8,10-11H,2-7,9H2,1H3/t10-,11-/m1/s1. The minimum absolute atomic E-state index is 0.422. The first-order valence-corrected chi connectivity index (χ1v) is 7.10. The summed E-state index contributed by atoms with van der Waals surface area (Å²) < 4.78 is 10.5. The Kier molecular flexibility index (Phi) is 3.50. The third-order valence-corrected chi connectivity index (χ3v) is 4.55. The molecule has 2 fully saturated rings. The Labute approximate surface area is 112 Å². The van der Waals surface area contributed by atoms with Crippen molar-refractivity contribution in [1.29, 1.82) is 0 Å². The molecule has 18 heavy (non-hydrogen) atoms. The zero-order chi connectivity index (χ0) is 12.5. The molecular formula is C12H20N4OS. The lowest BCUT2D eigenvalue weighted by Crippen LogP contribution is -2.52. The van der Waals surface area contributed by atoms with E-state index in [1.807, 2.05) is 16.3 Å². The molecule has 3 rings (SSSR count). The number of rotatable bonds is 2. The summed E-state index contributed by atoms with van der Waals surface area (Å²) in [5, 5.41) is 4.34. The predicted molar refractivity (Wildman–Crippen MR) is 70.7 cm³/mol. The molecule has 2 atom stereocenters.